The summed E-state index contributed by atoms with van der Waals surface area (Å²) >= 11 is 9.01. The van der Waals surface area contributed by atoms with E-state index < -0.39 is 5.91 Å². The fourth-order valence-electron chi connectivity index (χ4n) is 3.58. The topological polar surface area (TPSA) is 84.2 Å². The van der Waals surface area contributed by atoms with Crippen LogP contribution in [-0.2, 0) is 12.8 Å². The molecule has 0 saturated carbocycles. The number of primary amides is 1. The molecule has 0 saturated heterocycles. The Morgan fingerprint density at radius 3 is 2.48 bits per heavy atom. The average molecular weight is 541 g/mol. The van der Waals surface area contributed by atoms with Crippen molar-refractivity contribution in [1.29, 1.82) is 0 Å². The van der Waals surface area contributed by atoms with Gasteiger partial charge in [0.05, 0.1) is 5.56 Å². The van der Waals surface area contributed by atoms with Crippen molar-refractivity contribution in [3.63, 3.8) is 0 Å². The van der Waals surface area contributed by atoms with Gasteiger partial charge in [-0.15, -0.1) is 11.3 Å². The first-order chi connectivity index (χ1) is 13.6. The van der Waals surface area contributed by atoms with E-state index in [2.05, 4.69) is 54.0 Å². The number of rotatable bonds is 3. The van der Waals surface area contributed by atoms with Gasteiger partial charge in [0.15, 0.2) is 5.11 Å². The van der Waals surface area contributed by atoms with Crippen LogP contribution in [-0.4, -0.2) is 16.9 Å². The van der Waals surface area contributed by atoms with E-state index in [1.165, 1.54) is 16.2 Å². The lowest BCUT2D eigenvalue weighted by Crippen LogP contribution is -2.34. The first-order valence-electron chi connectivity index (χ1n) is 9.38. The molecule has 3 rings (SSSR count). The van der Waals surface area contributed by atoms with Gasteiger partial charge in [0.25, 0.3) is 11.8 Å². The van der Waals surface area contributed by atoms with Crippen molar-refractivity contribution >= 4 is 68.1 Å². The van der Waals surface area contributed by atoms with E-state index in [0.29, 0.717) is 22.0 Å². The van der Waals surface area contributed by atoms with E-state index in [9.17, 15) is 9.59 Å². The van der Waals surface area contributed by atoms with Crippen LogP contribution < -0.4 is 16.4 Å². The summed E-state index contributed by atoms with van der Waals surface area (Å²) in [5, 5.41) is 6.48. The summed E-state index contributed by atoms with van der Waals surface area (Å²) in [4.78, 5) is 25.7. The molecule has 154 valence electrons. The maximum atomic E-state index is 12.4. The number of hydrogen-bond acceptors (Lipinski definition) is 4. The second-order valence-corrected chi connectivity index (χ2v) is 11.1. The third-order valence-corrected chi connectivity index (χ3v) is 7.39. The van der Waals surface area contributed by atoms with Crippen LogP contribution >= 0.6 is 46.1 Å². The van der Waals surface area contributed by atoms with Crippen LogP contribution in [0.15, 0.2) is 24.3 Å². The van der Waals surface area contributed by atoms with Gasteiger partial charge < -0.3 is 11.1 Å². The molecule has 1 aromatic carbocycles. The molecule has 1 aromatic heterocycles. The van der Waals surface area contributed by atoms with Crippen molar-refractivity contribution < 1.29 is 9.59 Å². The molecule has 5 nitrogen and oxygen atoms in total. The van der Waals surface area contributed by atoms with Gasteiger partial charge in [0, 0.05) is 14.0 Å². The summed E-state index contributed by atoms with van der Waals surface area (Å²) in [6.45, 7) is 6.75. The molecule has 1 atom stereocenters. The van der Waals surface area contributed by atoms with E-state index in [1.54, 1.807) is 12.1 Å². The first kappa shape index (κ1) is 22.2. The Labute approximate surface area is 194 Å². The molecule has 0 aliphatic heterocycles. The number of fused-ring (bicyclic) bond motifs is 1. The number of benzene rings is 1. The quantitative estimate of drug-likeness (QED) is 0.388. The Bertz CT molecular complexity index is 962. The zero-order valence-corrected chi connectivity index (χ0v) is 20.4. The highest BCUT2D eigenvalue weighted by Gasteiger charge is 2.33. The van der Waals surface area contributed by atoms with Gasteiger partial charge in [-0.1, -0.05) is 20.8 Å². The highest BCUT2D eigenvalue weighted by molar-refractivity contribution is 14.1. The number of nitrogens with one attached hydrogen (secondary N) is 2. The van der Waals surface area contributed by atoms with Gasteiger partial charge in [0.1, 0.15) is 5.00 Å². The lowest BCUT2D eigenvalue weighted by molar-refractivity contribution is 0.0975. The van der Waals surface area contributed by atoms with Crippen molar-refractivity contribution in [2.75, 3.05) is 5.32 Å². The molecule has 2 aromatic rings. The molecule has 1 unspecified atom stereocenters. The molecule has 29 heavy (non-hydrogen) atoms. The van der Waals surface area contributed by atoms with E-state index in [-0.39, 0.29) is 16.4 Å². The number of anilines is 1. The molecule has 4 N–H and O–H groups in total. The van der Waals surface area contributed by atoms with Gasteiger partial charge in [-0.3, -0.25) is 14.9 Å². The first-order valence-corrected chi connectivity index (χ1v) is 11.7. The van der Waals surface area contributed by atoms with E-state index in [4.69, 9.17) is 18.0 Å². The Hall–Kier alpha value is -1.52. The smallest absolute Gasteiger partial charge is 0.257 e. The van der Waals surface area contributed by atoms with Gasteiger partial charge >= 0.3 is 0 Å². The Balaban J connectivity index is 1.77. The average Bonchev–Trinajstić information content (AvgIpc) is 2.98. The van der Waals surface area contributed by atoms with E-state index >= 15 is 0 Å². The van der Waals surface area contributed by atoms with Crippen molar-refractivity contribution in [3.8, 4) is 0 Å². The monoisotopic (exact) mass is 541 g/mol. The minimum Gasteiger partial charge on any atom is -0.365 e. The van der Waals surface area contributed by atoms with Crippen molar-refractivity contribution in [1.82, 2.24) is 5.32 Å². The molecule has 1 aliphatic rings. The maximum Gasteiger partial charge on any atom is 0.257 e. The molecule has 2 amide bonds. The van der Waals surface area contributed by atoms with E-state index in [1.807, 2.05) is 12.1 Å². The summed E-state index contributed by atoms with van der Waals surface area (Å²) in [6.07, 6.45) is 2.78. The fraction of sp³-hybridized carbons (Fsp3) is 0.381. The maximum absolute atomic E-state index is 12.4. The summed E-state index contributed by atoms with van der Waals surface area (Å²) in [7, 11) is 0. The Morgan fingerprint density at radius 1 is 1.24 bits per heavy atom. The van der Waals surface area contributed by atoms with Gasteiger partial charge in [-0.25, -0.2) is 0 Å². The lowest BCUT2D eigenvalue weighted by atomic mass is 9.72. The van der Waals surface area contributed by atoms with Crippen LogP contribution in [0.2, 0.25) is 0 Å². The highest BCUT2D eigenvalue weighted by atomic mass is 127. The highest BCUT2D eigenvalue weighted by Crippen LogP contribution is 2.44. The molecule has 1 aliphatic carbocycles. The summed E-state index contributed by atoms with van der Waals surface area (Å²) in [5.74, 6) is -0.214. The number of nitrogens with two attached hydrogens (primary N) is 1. The number of amides is 2. The molecular weight excluding hydrogens is 517 g/mol. The van der Waals surface area contributed by atoms with Gasteiger partial charge in [-0.05, 0) is 95.2 Å². The number of hydrogen-bond donors (Lipinski definition) is 3. The van der Waals surface area contributed by atoms with Crippen LogP contribution in [0.4, 0.5) is 5.00 Å². The molecule has 0 radical (unpaired) electrons. The Morgan fingerprint density at radius 2 is 1.90 bits per heavy atom. The minimum atomic E-state index is -0.467. The number of thiophene rings is 1. The molecular formula is C21H24IN3O2S2. The number of thiocarbonyl (C=S) groups is 1. The number of carbonyl (C=O) groups excluding carboxylic acids is 2. The summed E-state index contributed by atoms with van der Waals surface area (Å²) in [6, 6.07) is 7.20. The van der Waals surface area contributed by atoms with Crippen molar-refractivity contribution in [2.24, 2.45) is 17.1 Å². The molecule has 0 fully saturated rings. The third-order valence-electron chi connectivity index (χ3n) is 5.30. The SMILES string of the molecule is CC(C)(C)C1CCc2c(sc(NC(=S)NC(=O)c3ccc(I)cc3)c2C(N)=O)C1. The van der Waals surface area contributed by atoms with Crippen LogP contribution in [0.3, 0.4) is 0 Å². The standard InChI is InChI=1S/C21H24IN3O2S2/c1-21(2,3)12-6-9-14-15(10-12)29-19(16(14)17(23)26)25-20(28)24-18(27)11-4-7-13(22)8-5-11/h4-5,7-8,12H,6,9-10H2,1-3H3,(H2,23,26)(H2,24,25,27,28). The largest absolute Gasteiger partial charge is 0.365 e. The van der Waals surface area contributed by atoms with Gasteiger partial charge in [-0.2, -0.15) is 0 Å². The number of carbonyl (C=O) groups is 2. The van der Waals surface area contributed by atoms with Crippen molar-refractivity contribution in [3.05, 3.63) is 49.4 Å². The molecule has 0 bridgehead atoms. The number of halogens is 1. The second kappa shape index (κ2) is 8.69. The molecule has 0 spiro atoms. The van der Waals surface area contributed by atoms with Crippen LogP contribution in [0.1, 0.15) is 58.3 Å². The third kappa shape index (κ3) is 5.16. The van der Waals surface area contributed by atoms with Crippen LogP contribution in [0.25, 0.3) is 0 Å². The fourth-order valence-corrected chi connectivity index (χ4v) is 5.54. The van der Waals surface area contributed by atoms with Crippen LogP contribution in [0, 0.1) is 14.9 Å². The van der Waals surface area contributed by atoms with Crippen LogP contribution in [0.5, 0.6) is 0 Å². The van der Waals surface area contributed by atoms with Crippen molar-refractivity contribution in [2.45, 2.75) is 40.0 Å². The summed E-state index contributed by atoms with van der Waals surface area (Å²) in [5.41, 5.74) is 7.93. The zero-order chi connectivity index (χ0) is 21.3. The minimum absolute atomic E-state index is 0.155. The lowest BCUT2D eigenvalue weighted by Gasteiger charge is -2.33. The van der Waals surface area contributed by atoms with Gasteiger partial charge in [0.2, 0.25) is 0 Å². The zero-order valence-electron chi connectivity index (χ0n) is 16.6. The predicted molar refractivity (Wildman–Crippen MR) is 131 cm³/mol. The van der Waals surface area contributed by atoms with E-state index in [0.717, 1.165) is 28.4 Å². The predicted octanol–water partition coefficient (Wildman–Crippen LogP) is 4.73. The second-order valence-electron chi connectivity index (χ2n) is 8.29. The molecule has 1 heterocycles. The summed E-state index contributed by atoms with van der Waals surface area (Å²) < 4.78 is 1.05. The molecule has 8 heteroatoms. The Kier molecular flexibility index (Phi) is 6.64. The normalized spacial score (nSPS) is 16.1.